The largest absolute Gasteiger partial charge is 0.383 e. The molecule has 1 aromatic heterocycles. The first-order chi connectivity index (χ1) is 7.13. The van der Waals surface area contributed by atoms with E-state index in [1.807, 2.05) is 18.5 Å². The van der Waals surface area contributed by atoms with Gasteiger partial charge in [-0.25, -0.2) is 9.67 Å². The summed E-state index contributed by atoms with van der Waals surface area (Å²) in [6.45, 7) is 8.44. The van der Waals surface area contributed by atoms with Crippen molar-refractivity contribution < 1.29 is 4.74 Å². The summed E-state index contributed by atoms with van der Waals surface area (Å²) in [7, 11) is 1.71. The van der Waals surface area contributed by atoms with Crippen LogP contribution in [0.3, 0.4) is 0 Å². The van der Waals surface area contributed by atoms with Gasteiger partial charge in [0.25, 0.3) is 0 Å². The van der Waals surface area contributed by atoms with E-state index in [1.54, 1.807) is 7.11 Å². The van der Waals surface area contributed by atoms with E-state index < -0.39 is 0 Å². The predicted molar refractivity (Wildman–Crippen MR) is 58.8 cm³/mol. The third kappa shape index (κ3) is 3.97. The molecule has 0 fully saturated rings. The van der Waals surface area contributed by atoms with Crippen molar-refractivity contribution in [2.75, 3.05) is 20.3 Å². The van der Waals surface area contributed by atoms with Crippen molar-refractivity contribution in [1.82, 2.24) is 20.1 Å². The zero-order valence-electron chi connectivity index (χ0n) is 9.95. The quantitative estimate of drug-likeness (QED) is 0.747. The maximum atomic E-state index is 5.04. The van der Waals surface area contributed by atoms with Crippen LogP contribution >= 0.6 is 0 Å². The van der Waals surface area contributed by atoms with Crippen molar-refractivity contribution in [3.63, 3.8) is 0 Å². The van der Waals surface area contributed by atoms with Crippen LogP contribution in [0.15, 0.2) is 0 Å². The Morgan fingerprint density at radius 1 is 1.47 bits per heavy atom. The molecule has 86 valence electrons. The van der Waals surface area contributed by atoms with Gasteiger partial charge in [-0.15, -0.1) is 0 Å². The topological polar surface area (TPSA) is 52.0 Å². The highest BCUT2D eigenvalue weighted by Crippen LogP contribution is 1.94. The molecule has 0 spiro atoms. The van der Waals surface area contributed by atoms with Crippen LogP contribution in [0.2, 0.25) is 0 Å². The van der Waals surface area contributed by atoms with Gasteiger partial charge < -0.3 is 10.1 Å². The maximum Gasteiger partial charge on any atom is 0.147 e. The van der Waals surface area contributed by atoms with Gasteiger partial charge in [-0.05, 0) is 20.8 Å². The van der Waals surface area contributed by atoms with E-state index >= 15 is 0 Å². The molecular formula is C10H20N4O. The number of aromatic nitrogens is 3. The first-order valence-electron chi connectivity index (χ1n) is 5.24. The molecule has 15 heavy (non-hydrogen) atoms. The molecular weight excluding hydrogens is 192 g/mol. The minimum absolute atomic E-state index is 0.375. The van der Waals surface area contributed by atoms with E-state index in [9.17, 15) is 0 Å². The van der Waals surface area contributed by atoms with Crippen LogP contribution in [0.5, 0.6) is 0 Å². The van der Waals surface area contributed by atoms with Crippen molar-refractivity contribution in [1.29, 1.82) is 0 Å². The summed E-state index contributed by atoms with van der Waals surface area (Å²) in [6, 6.07) is 0.375. The fourth-order valence-electron chi connectivity index (χ4n) is 1.50. The molecule has 0 saturated carbocycles. The van der Waals surface area contributed by atoms with Gasteiger partial charge in [0.2, 0.25) is 0 Å². The minimum Gasteiger partial charge on any atom is -0.383 e. The van der Waals surface area contributed by atoms with Crippen molar-refractivity contribution in [3.8, 4) is 0 Å². The molecule has 5 nitrogen and oxygen atoms in total. The van der Waals surface area contributed by atoms with Crippen LogP contribution in [0, 0.1) is 13.8 Å². The summed E-state index contributed by atoms with van der Waals surface area (Å²) < 4.78 is 6.96. The van der Waals surface area contributed by atoms with E-state index in [4.69, 9.17) is 4.74 Å². The Labute approximate surface area is 90.8 Å². The molecule has 1 N–H and O–H groups in total. The maximum absolute atomic E-state index is 5.04. The molecule has 1 heterocycles. The number of aryl methyl sites for hydroxylation is 2. The van der Waals surface area contributed by atoms with E-state index in [1.165, 1.54) is 0 Å². The zero-order valence-corrected chi connectivity index (χ0v) is 9.95. The monoisotopic (exact) mass is 212 g/mol. The smallest absolute Gasteiger partial charge is 0.147 e. The molecule has 1 rings (SSSR count). The molecule has 1 aromatic rings. The molecule has 5 heteroatoms. The lowest BCUT2D eigenvalue weighted by Gasteiger charge is -2.12. The molecule has 1 unspecified atom stereocenters. The molecule has 0 aliphatic heterocycles. The van der Waals surface area contributed by atoms with E-state index in [-0.39, 0.29) is 0 Å². The van der Waals surface area contributed by atoms with Gasteiger partial charge in [-0.2, -0.15) is 5.10 Å². The Morgan fingerprint density at radius 2 is 2.20 bits per heavy atom. The molecule has 0 bridgehead atoms. The molecule has 0 radical (unpaired) electrons. The van der Waals surface area contributed by atoms with Gasteiger partial charge in [0.15, 0.2) is 0 Å². The second-order valence-electron chi connectivity index (χ2n) is 3.74. The van der Waals surface area contributed by atoms with Crippen molar-refractivity contribution in [2.45, 2.75) is 33.4 Å². The van der Waals surface area contributed by atoms with Crippen LogP contribution in [0.4, 0.5) is 0 Å². The number of hydrogen-bond acceptors (Lipinski definition) is 4. The summed E-state index contributed by atoms with van der Waals surface area (Å²) in [5.41, 5.74) is 0. The summed E-state index contributed by atoms with van der Waals surface area (Å²) in [6.07, 6.45) is 0. The molecule has 0 aliphatic carbocycles. The number of rotatable bonds is 6. The molecule has 1 atom stereocenters. The SMILES string of the molecule is COCC(C)NCCn1nc(C)nc1C. The molecule has 0 aliphatic rings. The second-order valence-corrected chi connectivity index (χ2v) is 3.74. The van der Waals surface area contributed by atoms with E-state index in [0.717, 1.165) is 31.3 Å². The molecule has 0 aromatic carbocycles. The van der Waals surface area contributed by atoms with Crippen LogP contribution < -0.4 is 5.32 Å². The highest BCUT2D eigenvalue weighted by atomic mass is 16.5. The van der Waals surface area contributed by atoms with E-state index in [2.05, 4.69) is 22.3 Å². The average molecular weight is 212 g/mol. The number of ether oxygens (including phenoxy) is 1. The molecule has 0 saturated heterocycles. The Morgan fingerprint density at radius 3 is 2.73 bits per heavy atom. The first-order valence-corrected chi connectivity index (χ1v) is 5.24. The Bertz CT molecular complexity index is 298. The van der Waals surface area contributed by atoms with Crippen molar-refractivity contribution in [2.24, 2.45) is 0 Å². The van der Waals surface area contributed by atoms with Gasteiger partial charge in [0, 0.05) is 19.7 Å². The van der Waals surface area contributed by atoms with Crippen LogP contribution in [-0.4, -0.2) is 41.1 Å². The van der Waals surface area contributed by atoms with Crippen LogP contribution in [0.25, 0.3) is 0 Å². The highest BCUT2D eigenvalue weighted by Gasteiger charge is 2.03. The lowest BCUT2D eigenvalue weighted by molar-refractivity contribution is 0.171. The normalized spacial score (nSPS) is 13.1. The highest BCUT2D eigenvalue weighted by molar-refractivity contribution is 4.87. The standard InChI is InChI=1S/C10H20N4O/c1-8(7-15-4)11-5-6-14-10(3)12-9(2)13-14/h8,11H,5-7H2,1-4H3. The average Bonchev–Trinajstić information content (AvgIpc) is 2.46. The summed E-state index contributed by atoms with van der Waals surface area (Å²) in [4.78, 5) is 4.24. The Kier molecular flexibility index (Phi) is 4.71. The first kappa shape index (κ1) is 12.1. The number of nitrogens with one attached hydrogen (secondary N) is 1. The Balaban J connectivity index is 2.28. The minimum atomic E-state index is 0.375. The van der Waals surface area contributed by atoms with Crippen molar-refractivity contribution in [3.05, 3.63) is 11.6 Å². The zero-order chi connectivity index (χ0) is 11.3. The van der Waals surface area contributed by atoms with Gasteiger partial charge in [-0.3, -0.25) is 0 Å². The molecule has 0 amide bonds. The van der Waals surface area contributed by atoms with Gasteiger partial charge in [0.05, 0.1) is 13.2 Å². The number of nitrogens with zero attached hydrogens (tertiary/aromatic N) is 3. The van der Waals surface area contributed by atoms with Gasteiger partial charge in [-0.1, -0.05) is 0 Å². The fourth-order valence-corrected chi connectivity index (χ4v) is 1.50. The lowest BCUT2D eigenvalue weighted by atomic mass is 10.3. The van der Waals surface area contributed by atoms with Crippen molar-refractivity contribution >= 4 is 0 Å². The van der Waals surface area contributed by atoms with E-state index in [0.29, 0.717) is 6.04 Å². The predicted octanol–water partition coefficient (Wildman–Crippen LogP) is 0.519. The summed E-state index contributed by atoms with van der Waals surface area (Å²) in [5.74, 6) is 1.80. The lowest BCUT2D eigenvalue weighted by Crippen LogP contribution is -2.33. The third-order valence-electron chi connectivity index (χ3n) is 2.20. The summed E-state index contributed by atoms with van der Waals surface area (Å²) >= 11 is 0. The van der Waals surface area contributed by atoms with Gasteiger partial charge >= 0.3 is 0 Å². The van der Waals surface area contributed by atoms with Crippen LogP contribution in [0.1, 0.15) is 18.6 Å². The number of methoxy groups -OCH3 is 1. The second kappa shape index (κ2) is 5.82. The fraction of sp³-hybridized carbons (Fsp3) is 0.800. The number of hydrogen-bond donors (Lipinski definition) is 1. The van der Waals surface area contributed by atoms with Crippen LogP contribution in [-0.2, 0) is 11.3 Å². The third-order valence-corrected chi connectivity index (χ3v) is 2.20. The summed E-state index contributed by atoms with van der Waals surface area (Å²) in [5, 5.41) is 7.64. The van der Waals surface area contributed by atoms with Gasteiger partial charge in [0.1, 0.15) is 11.6 Å². The Hall–Kier alpha value is -0.940.